The lowest BCUT2D eigenvalue weighted by molar-refractivity contribution is -0.137. The van der Waals surface area contributed by atoms with E-state index in [0.717, 1.165) is 150 Å². The molecule has 66 heavy (non-hydrogen) atoms. The summed E-state index contributed by atoms with van der Waals surface area (Å²) in [5, 5.41) is 21.8. The molecule has 0 aromatic heterocycles. The molecular weight excluding hydrogens is 835 g/mol. The lowest BCUT2D eigenvalue weighted by Gasteiger charge is -2.30. The number of rotatable bonds is 47. The topological polar surface area (TPSA) is 298 Å². The van der Waals surface area contributed by atoms with Gasteiger partial charge in [0.2, 0.25) is 0 Å². The number of unbranched alkanes of at least 4 members (excludes halogenated alkanes) is 5. The molecule has 0 aliphatic rings. The molecule has 18 heteroatoms. The van der Waals surface area contributed by atoms with Crippen LogP contribution in [-0.2, 0) is 9.59 Å². The molecule has 0 aromatic carbocycles. The highest BCUT2D eigenvalue weighted by atomic mass is 16.4. The predicted octanol–water partition coefficient (Wildman–Crippen LogP) is 0.664. The molecule has 0 aliphatic heterocycles. The van der Waals surface area contributed by atoms with Crippen molar-refractivity contribution in [3.05, 3.63) is 0 Å². The first-order chi connectivity index (χ1) is 32.0. The normalized spacial score (nSPS) is 11.6. The Labute approximate surface area is 407 Å². The molecule has 0 bridgehead atoms. The van der Waals surface area contributed by atoms with Gasteiger partial charge in [0, 0.05) is 150 Å². The SMILES string of the molecule is CCC(C)CN.CCCCNC.CCCCNCCCC(=O)CCCCC(=O)O.NCCCCCN(CCN(CCN)CCN)CCN(CCNCCN)CCNCCN(CCN)CCN. The standard InChI is InChI=1S/C25H64N12.C13H25NO3.2C5H13N/c26-4-2-1-3-14-34(22-24-36(17-8-30)18-9-31)23-25-37(20-11-32-10-5-27)21-13-33-12-19-35(15-6-28)16-7-29;1-2-3-10-14-11-6-8-12(15)7-4-5-9-13(16)17;1-3-5(2)4-6;1-3-4-5-6-2/h32-33H,1-31H2;14H,2-11H2,1H3,(H,16,17);5H,3-4,6H2,1-2H3;6H,3-5H2,1-2H3. The minimum atomic E-state index is -0.780. The van der Waals surface area contributed by atoms with Crippen LogP contribution in [0.5, 0.6) is 0 Å². The van der Waals surface area contributed by atoms with Crippen LogP contribution in [-0.4, -0.2) is 214 Å². The first kappa shape index (κ1) is 71.1. The molecule has 0 aliphatic carbocycles. The Morgan fingerprint density at radius 3 is 1.27 bits per heavy atom. The van der Waals surface area contributed by atoms with Crippen LogP contribution in [0.25, 0.3) is 0 Å². The second kappa shape index (κ2) is 61.6. The minimum Gasteiger partial charge on any atom is -0.481 e. The van der Waals surface area contributed by atoms with Gasteiger partial charge < -0.3 is 71.4 Å². The van der Waals surface area contributed by atoms with Gasteiger partial charge in [0.05, 0.1) is 0 Å². The number of aliphatic carboxylic acids is 1. The zero-order valence-electron chi connectivity index (χ0n) is 44.0. The summed E-state index contributed by atoms with van der Waals surface area (Å²) < 4.78 is 0. The lowest BCUT2D eigenvalue weighted by atomic mass is 10.1. The van der Waals surface area contributed by atoms with Crippen LogP contribution in [0.15, 0.2) is 0 Å². The van der Waals surface area contributed by atoms with Crippen molar-refractivity contribution in [1.29, 1.82) is 0 Å². The average Bonchev–Trinajstić information content (AvgIpc) is 3.31. The van der Waals surface area contributed by atoms with Gasteiger partial charge in [0.25, 0.3) is 0 Å². The smallest absolute Gasteiger partial charge is 0.303 e. The van der Waals surface area contributed by atoms with Crippen LogP contribution in [0.2, 0.25) is 0 Å². The molecule has 0 spiro atoms. The van der Waals surface area contributed by atoms with Crippen molar-refractivity contribution in [2.75, 3.05) is 177 Å². The summed E-state index contributed by atoms with van der Waals surface area (Å²) in [7, 11) is 1.98. The van der Waals surface area contributed by atoms with Gasteiger partial charge in [-0.25, -0.2) is 0 Å². The maximum atomic E-state index is 11.4. The van der Waals surface area contributed by atoms with Crippen molar-refractivity contribution >= 4 is 11.8 Å². The Balaban J connectivity index is -0.000000538. The van der Waals surface area contributed by atoms with E-state index in [-0.39, 0.29) is 12.2 Å². The molecule has 1 atom stereocenters. The molecule has 0 fully saturated rings. The summed E-state index contributed by atoms with van der Waals surface area (Å²) >= 11 is 0. The van der Waals surface area contributed by atoms with Gasteiger partial charge in [-0.05, 0) is 97.2 Å². The molecule has 0 radical (unpaired) electrons. The average molecular weight is 951 g/mol. The van der Waals surface area contributed by atoms with Crippen molar-refractivity contribution in [3.63, 3.8) is 0 Å². The number of ketones is 1. The van der Waals surface area contributed by atoms with E-state index < -0.39 is 5.97 Å². The summed E-state index contributed by atoms with van der Waals surface area (Å²) in [6.07, 6.45) is 13.2. The van der Waals surface area contributed by atoms with Gasteiger partial charge in [0.15, 0.2) is 0 Å². The number of Topliss-reactive ketones (excluding diaryl/α,β-unsaturated/α-hetero) is 1. The molecule has 1 unspecified atom stereocenters. The Hall–Kier alpha value is -1.46. The molecule has 0 saturated carbocycles. The highest BCUT2D eigenvalue weighted by Crippen LogP contribution is 2.04. The van der Waals surface area contributed by atoms with Crippen LogP contribution in [0.1, 0.15) is 118 Å². The van der Waals surface area contributed by atoms with Crippen LogP contribution in [0.4, 0.5) is 0 Å². The molecule has 19 N–H and O–H groups in total. The van der Waals surface area contributed by atoms with Crippen molar-refractivity contribution in [2.24, 2.45) is 46.1 Å². The van der Waals surface area contributed by atoms with Gasteiger partial charge in [-0.3, -0.25) is 24.3 Å². The number of carbonyl (C=O) groups excluding carboxylic acids is 1. The van der Waals surface area contributed by atoms with Crippen molar-refractivity contribution in [3.8, 4) is 0 Å². The Bertz CT molecular complexity index is 913. The minimum absolute atomic E-state index is 0.172. The molecule has 0 amide bonds. The fourth-order valence-electron chi connectivity index (χ4n) is 6.44. The third-order valence-corrected chi connectivity index (χ3v) is 11.1. The summed E-state index contributed by atoms with van der Waals surface area (Å²) in [5.41, 5.74) is 39.7. The molecular formula is C48H115N15O3. The first-order valence-corrected chi connectivity index (χ1v) is 26.3. The van der Waals surface area contributed by atoms with Crippen LogP contribution in [0.3, 0.4) is 0 Å². The van der Waals surface area contributed by atoms with Gasteiger partial charge in [-0.1, -0.05) is 53.4 Å². The van der Waals surface area contributed by atoms with E-state index in [2.05, 4.69) is 68.6 Å². The van der Waals surface area contributed by atoms with Gasteiger partial charge in [0.1, 0.15) is 5.78 Å². The molecule has 0 aromatic rings. The summed E-state index contributed by atoms with van der Waals surface area (Å²) in [6.45, 7) is 32.3. The fourth-order valence-corrected chi connectivity index (χ4v) is 6.44. The quantitative estimate of drug-likeness (QED) is 0.0373. The lowest BCUT2D eigenvalue weighted by Crippen LogP contribution is -2.45. The van der Waals surface area contributed by atoms with E-state index in [1.807, 2.05) is 7.05 Å². The Morgan fingerprint density at radius 2 is 0.864 bits per heavy atom. The van der Waals surface area contributed by atoms with E-state index >= 15 is 0 Å². The van der Waals surface area contributed by atoms with Crippen molar-refractivity contribution in [2.45, 2.75) is 118 Å². The van der Waals surface area contributed by atoms with E-state index in [1.165, 1.54) is 44.9 Å². The van der Waals surface area contributed by atoms with Crippen molar-refractivity contribution in [1.82, 2.24) is 40.9 Å². The maximum absolute atomic E-state index is 11.4. The van der Waals surface area contributed by atoms with Gasteiger partial charge >= 0.3 is 5.97 Å². The summed E-state index contributed by atoms with van der Waals surface area (Å²) in [5.74, 6) is 0.190. The van der Waals surface area contributed by atoms with E-state index in [1.54, 1.807) is 0 Å². The molecule has 0 saturated heterocycles. The zero-order valence-corrected chi connectivity index (χ0v) is 44.0. The van der Waals surface area contributed by atoms with Crippen LogP contribution < -0.4 is 61.4 Å². The number of hydrogen-bond acceptors (Lipinski definition) is 17. The third kappa shape index (κ3) is 60.6. The van der Waals surface area contributed by atoms with E-state index in [0.29, 0.717) is 64.3 Å². The number of carbonyl (C=O) groups is 2. The van der Waals surface area contributed by atoms with Crippen molar-refractivity contribution < 1.29 is 14.7 Å². The Kier molecular flexibility index (Phi) is 66.3. The maximum Gasteiger partial charge on any atom is 0.303 e. The number of nitrogens with zero attached hydrogens (tertiary/aromatic N) is 4. The number of hydrogen-bond donors (Lipinski definition) is 12. The second-order valence-electron chi connectivity index (χ2n) is 17.2. The van der Waals surface area contributed by atoms with Crippen LogP contribution in [0, 0.1) is 5.92 Å². The van der Waals surface area contributed by atoms with Gasteiger partial charge in [-0.15, -0.1) is 0 Å². The number of nitrogens with one attached hydrogen (secondary N) is 4. The summed E-state index contributed by atoms with van der Waals surface area (Å²) in [4.78, 5) is 31.5. The zero-order chi connectivity index (χ0) is 50.2. The largest absolute Gasteiger partial charge is 0.481 e. The number of carboxylic acids is 1. The van der Waals surface area contributed by atoms with Gasteiger partial charge in [-0.2, -0.15) is 0 Å². The Morgan fingerprint density at radius 1 is 0.439 bits per heavy atom. The fraction of sp³-hybridized carbons (Fsp3) is 0.958. The van der Waals surface area contributed by atoms with Crippen LogP contribution >= 0.6 is 0 Å². The van der Waals surface area contributed by atoms with E-state index in [9.17, 15) is 9.59 Å². The third-order valence-electron chi connectivity index (χ3n) is 11.1. The number of carboxylic acid groups (broad SMARTS) is 1. The molecule has 400 valence electrons. The highest BCUT2D eigenvalue weighted by molar-refractivity contribution is 5.78. The van der Waals surface area contributed by atoms with E-state index in [4.69, 9.17) is 45.2 Å². The monoisotopic (exact) mass is 950 g/mol. The molecule has 0 rings (SSSR count). The first-order valence-electron chi connectivity index (χ1n) is 26.3. The molecule has 18 nitrogen and oxygen atoms in total. The highest BCUT2D eigenvalue weighted by Gasteiger charge is 2.12. The predicted molar refractivity (Wildman–Crippen MR) is 285 cm³/mol. The summed E-state index contributed by atoms with van der Waals surface area (Å²) in [6, 6.07) is 0. The second-order valence-corrected chi connectivity index (χ2v) is 17.2. The molecule has 0 heterocycles. The number of nitrogens with two attached hydrogens (primary N) is 7.